The number of rotatable bonds is 7. The Balaban J connectivity index is 1.94. The molecule has 1 aliphatic heterocycles. The van der Waals surface area contributed by atoms with Crippen LogP contribution in [0.1, 0.15) is 39.5 Å². The number of carbonyl (C=O) groups excluding carboxylic acids is 1. The van der Waals surface area contributed by atoms with Crippen LogP contribution in [0.2, 0.25) is 0 Å². The Kier molecular flexibility index (Phi) is 7.06. The van der Waals surface area contributed by atoms with Crippen molar-refractivity contribution in [2.75, 3.05) is 18.8 Å². The van der Waals surface area contributed by atoms with Gasteiger partial charge in [-0.3, -0.25) is 4.79 Å². The van der Waals surface area contributed by atoms with Gasteiger partial charge in [0.2, 0.25) is 15.9 Å². The smallest absolute Gasteiger partial charge is 0.244 e. The molecule has 0 aliphatic carbocycles. The maximum absolute atomic E-state index is 12.5. The fraction of sp³-hybridized carbons (Fsp3) is 0.625. The number of piperidine rings is 1. The van der Waals surface area contributed by atoms with E-state index in [1.165, 1.54) is 22.3 Å². The van der Waals surface area contributed by atoms with Crippen molar-refractivity contribution in [3.8, 4) is 0 Å². The summed E-state index contributed by atoms with van der Waals surface area (Å²) in [6, 6.07) is 3.40. The summed E-state index contributed by atoms with van der Waals surface area (Å²) in [6.45, 7) is 5.13. The van der Waals surface area contributed by atoms with Crippen molar-refractivity contribution in [2.45, 2.75) is 55.5 Å². The fourth-order valence-corrected chi connectivity index (χ4v) is 4.53. The highest BCUT2D eigenvalue weighted by molar-refractivity contribution is 7.99. The molecule has 0 radical (unpaired) electrons. The van der Waals surface area contributed by atoms with Crippen LogP contribution in [0.4, 0.5) is 0 Å². The molecule has 0 aromatic carbocycles. The minimum atomic E-state index is -3.45. The van der Waals surface area contributed by atoms with E-state index in [1.807, 2.05) is 13.8 Å². The Bertz CT molecular complexity index is 641. The van der Waals surface area contributed by atoms with E-state index < -0.39 is 10.0 Å². The van der Waals surface area contributed by atoms with Crippen LogP contribution in [-0.4, -0.2) is 48.5 Å². The monoisotopic (exact) mass is 371 g/mol. The summed E-state index contributed by atoms with van der Waals surface area (Å²) in [5.41, 5.74) is 0. The van der Waals surface area contributed by atoms with Gasteiger partial charge in [0, 0.05) is 25.3 Å². The number of thioether (sulfide) groups is 1. The molecule has 2 heterocycles. The lowest BCUT2D eigenvalue weighted by Gasteiger charge is -2.25. The van der Waals surface area contributed by atoms with Gasteiger partial charge in [-0.05, 0) is 38.3 Å². The van der Waals surface area contributed by atoms with Crippen LogP contribution in [0.25, 0.3) is 0 Å². The zero-order valence-corrected chi connectivity index (χ0v) is 15.8. The van der Waals surface area contributed by atoms with E-state index in [1.54, 1.807) is 12.1 Å². The summed E-state index contributed by atoms with van der Waals surface area (Å²) in [5, 5.41) is 3.53. The van der Waals surface area contributed by atoms with Crippen LogP contribution in [0.15, 0.2) is 28.3 Å². The first kappa shape index (κ1) is 19.2. The number of carbonyl (C=O) groups is 1. The van der Waals surface area contributed by atoms with Crippen molar-refractivity contribution in [1.29, 1.82) is 0 Å². The number of nitrogens with one attached hydrogen (secondary N) is 1. The zero-order valence-electron chi connectivity index (χ0n) is 14.2. The molecule has 6 nitrogen and oxygen atoms in total. The highest BCUT2D eigenvalue weighted by Crippen LogP contribution is 2.22. The molecule has 1 atom stereocenters. The predicted molar refractivity (Wildman–Crippen MR) is 95.5 cm³/mol. The molecule has 0 bridgehead atoms. The number of pyridine rings is 1. The van der Waals surface area contributed by atoms with Crippen LogP contribution in [0, 0.1) is 0 Å². The summed E-state index contributed by atoms with van der Waals surface area (Å²) < 4.78 is 26.6. The Morgan fingerprint density at radius 3 is 2.62 bits per heavy atom. The summed E-state index contributed by atoms with van der Waals surface area (Å²) >= 11 is 1.30. The van der Waals surface area contributed by atoms with Gasteiger partial charge in [-0.1, -0.05) is 25.1 Å². The number of hydrogen-bond donors (Lipinski definition) is 1. The summed E-state index contributed by atoms with van der Waals surface area (Å²) in [4.78, 5) is 16.2. The molecule has 1 fully saturated rings. The second-order valence-corrected chi connectivity index (χ2v) is 8.90. The minimum absolute atomic E-state index is 0.0406. The molecule has 2 rings (SSSR count). The molecule has 0 saturated carbocycles. The Morgan fingerprint density at radius 2 is 2.04 bits per heavy atom. The summed E-state index contributed by atoms with van der Waals surface area (Å²) in [5.74, 6) is 0.233. The maximum Gasteiger partial charge on any atom is 0.244 e. The van der Waals surface area contributed by atoms with Gasteiger partial charge >= 0.3 is 0 Å². The quantitative estimate of drug-likeness (QED) is 0.744. The second-order valence-electron chi connectivity index (χ2n) is 5.96. The third kappa shape index (κ3) is 5.19. The van der Waals surface area contributed by atoms with E-state index in [0.717, 1.165) is 25.7 Å². The molecule has 0 spiro atoms. The van der Waals surface area contributed by atoms with E-state index in [2.05, 4.69) is 10.3 Å². The molecule has 24 heavy (non-hydrogen) atoms. The molecule has 1 aromatic rings. The number of amides is 1. The highest BCUT2D eigenvalue weighted by Gasteiger charge is 2.26. The summed E-state index contributed by atoms with van der Waals surface area (Å²) in [6.07, 6.45) is 5.17. The van der Waals surface area contributed by atoms with Gasteiger partial charge < -0.3 is 5.32 Å². The lowest BCUT2D eigenvalue weighted by Crippen LogP contribution is -2.35. The van der Waals surface area contributed by atoms with Crippen molar-refractivity contribution < 1.29 is 13.2 Å². The van der Waals surface area contributed by atoms with Gasteiger partial charge in [-0.25, -0.2) is 13.4 Å². The Labute approximate surface area is 148 Å². The fourth-order valence-electron chi connectivity index (χ4n) is 2.42. The first-order valence-electron chi connectivity index (χ1n) is 8.32. The largest absolute Gasteiger partial charge is 0.353 e. The molecule has 8 heteroatoms. The lowest BCUT2D eigenvalue weighted by molar-refractivity contribution is -0.119. The van der Waals surface area contributed by atoms with Crippen molar-refractivity contribution >= 4 is 27.7 Å². The van der Waals surface area contributed by atoms with Gasteiger partial charge in [0.1, 0.15) is 4.90 Å². The number of aromatic nitrogens is 1. The van der Waals surface area contributed by atoms with Gasteiger partial charge in [-0.15, -0.1) is 0 Å². The normalized spacial score (nSPS) is 17.4. The van der Waals surface area contributed by atoms with E-state index in [-0.39, 0.29) is 22.6 Å². The second kappa shape index (κ2) is 8.82. The van der Waals surface area contributed by atoms with Crippen LogP contribution in [0.3, 0.4) is 0 Å². The van der Waals surface area contributed by atoms with Crippen LogP contribution in [0.5, 0.6) is 0 Å². The maximum atomic E-state index is 12.5. The minimum Gasteiger partial charge on any atom is -0.353 e. The summed E-state index contributed by atoms with van der Waals surface area (Å²) in [7, 11) is -3.45. The van der Waals surface area contributed by atoms with Crippen molar-refractivity contribution in [3.63, 3.8) is 0 Å². The third-order valence-corrected chi connectivity index (χ3v) is 6.86. The molecule has 1 saturated heterocycles. The molecular formula is C16H25N3O3S2. The standard InChI is InChI=1S/C16H25N3O3S2/c1-3-13(2)18-15(20)12-23-16-8-7-14(11-17-16)24(21,22)19-9-5-4-6-10-19/h7-8,11,13H,3-6,9-10,12H2,1-2H3,(H,18,20)/t13-/m0/s1. The first-order chi connectivity index (χ1) is 11.4. The Hall–Kier alpha value is -1.12. The lowest BCUT2D eigenvalue weighted by atomic mass is 10.2. The van der Waals surface area contributed by atoms with E-state index in [9.17, 15) is 13.2 Å². The first-order valence-corrected chi connectivity index (χ1v) is 10.7. The van der Waals surface area contributed by atoms with Gasteiger partial charge in [0.25, 0.3) is 0 Å². The number of sulfonamides is 1. The number of hydrogen-bond acceptors (Lipinski definition) is 5. The Morgan fingerprint density at radius 1 is 1.33 bits per heavy atom. The number of nitrogens with zero attached hydrogens (tertiary/aromatic N) is 2. The molecular weight excluding hydrogens is 346 g/mol. The van der Waals surface area contributed by atoms with Crippen molar-refractivity contribution in [3.05, 3.63) is 18.3 Å². The topological polar surface area (TPSA) is 79.4 Å². The van der Waals surface area contributed by atoms with Gasteiger partial charge in [0.15, 0.2) is 0 Å². The molecule has 1 aromatic heterocycles. The highest BCUT2D eigenvalue weighted by atomic mass is 32.2. The van der Waals surface area contributed by atoms with Crippen LogP contribution >= 0.6 is 11.8 Å². The predicted octanol–water partition coefficient (Wildman–Crippen LogP) is 2.26. The molecule has 1 N–H and O–H groups in total. The van der Waals surface area contributed by atoms with Crippen LogP contribution in [-0.2, 0) is 14.8 Å². The van der Waals surface area contributed by atoms with Crippen molar-refractivity contribution in [1.82, 2.24) is 14.6 Å². The van der Waals surface area contributed by atoms with E-state index in [0.29, 0.717) is 18.1 Å². The SMILES string of the molecule is CC[C@H](C)NC(=O)CSc1ccc(S(=O)(=O)N2CCCCC2)cn1. The average molecular weight is 372 g/mol. The molecule has 1 amide bonds. The molecule has 0 unspecified atom stereocenters. The third-order valence-electron chi connectivity index (χ3n) is 4.03. The van der Waals surface area contributed by atoms with E-state index in [4.69, 9.17) is 0 Å². The van der Waals surface area contributed by atoms with E-state index >= 15 is 0 Å². The molecule has 1 aliphatic rings. The van der Waals surface area contributed by atoms with Gasteiger partial charge in [0.05, 0.1) is 10.8 Å². The average Bonchev–Trinajstić information content (AvgIpc) is 2.61. The van der Waals surface area contributed by atoms with Gasteiger partial charge in [-0.2, -0.15) is 4.31 Å². The van der Waals surface area contributed by atoms with Crippen molar-refractivity contribution in [2.24, 2.45) is 0 Å². The zero-order chi connectivity index (χ0) is 17.6. The van der Waals surface area contributed by atoms with Crippen LogP contribution < -0.4 is 5.32 Å². The molecule has 134 valence electrons.